The minimum atomic E-state index is -1.09. The Hall–Kier alpha value is -1.62. The number of anilines is 1. The van der Waals surface area contributed by atoms with E-state index in [9.17, 15) is 9.59 Å². The second kappa shape index (κ2) is 6.02. The first-order valence-corrected chi connectivity index (χ1v) is 6.52. The van der Waals surface area contributed by atoms with E-state index in [0.717, 1.165) is 15.6 Å². The summed E-state index contributed by atoms with van der Waals surface area (Å²) in [7, 11) is 0. The van der Waals surface area contributed by atoms with Crippen LogP contribution in [0.2, 0.25) is 0 Å². The minimum absolute atomic E-state index is 0.0402. The van der Waals surface area contributed by atoms with E-state index >= 15 is 0 Å². The highest BCUT2D eigenvalue weighted by Gasteiger charge is 2.15. The van der Waals surface area contributed by atoms with Crippen LogP contribution in [0.4, 0.5) is 5.69 Å². The molecule has 4 nitrogen and oxygen atoms in total. The van der Waals surface area contributed by atoms with Crippen LogP contribution in [0, 0.1) is 13.8 Å². The largest absolute Gasteiger partial charge is 0.478 e. The highest BCUT2D eigenvalue weighted by molar-refractivity contribution is 9.10. The van der Waals surface area contributed by atoms with Gasteiger partial charge in [0.05, 0.1) is 5.69 Å². The smallest absolute Gasteiger partial charge is 0.331 e. The van der Waals surface area contributed by atoms with Gasteiger partial charge in [0, 0.05) is 15.6 Å². The Morgan fingerprint density at radius 2 is 1.74 bits per heavy atom. The Labute approximate surface area is 120 Å². The van der Waals surface area contributed by atoms with Crippen molar-refractivity contribution in [3.8, 4) is 0 Å². The van der Waals surface area contributed by atoms with Crippen molar-refractivity contribution in [2.75, 3.05) is 5.32 Å². The Bertz CT molecular complexity index is 553. The fourth-order valence-corrected chi connectivity index (χ4v) is 2.38. The van der Waals surface area contributed by atoms with E-state index in [2.05, 4.69) is 21.2 Å². The molecule has 0 saturated heterocycles. The van der Waals surface area contributed by atoms with Crippen molar-refractivity contribution in [1.82, 2.24) is 0 Å². The van der Waals surface area contributed by atoms with Crippen LogP contribution < -0.4 is 5.32 Å². The van der Waals surface area contributed by atoms with E-state index in [-0.39, 0.29) is 11.1 Å². The van der Waals surface area contributed by atoms with E-state index < -0.39 is 11.9 Å². The van der Waals surface area contributed by atoms with E-state index in [1.165, 1.54) is 13.8 Å². The second-order valence-corrected chi connectivity index (χ2v) is 5.30. The summed E-state index contributed by atoms with van der Waals surface area (Å²) in [6, 6.07) is 3.84. The molecule has 0 aliphatic carbocycles. The Morgan fingerprint density at radius 3 is 2.21 bits per heavy atom. The molecule has 0 bridgehead atoms. The van der Waals surface area contributed by atoms with Crippen LogP contribution >= 0.6 is 15.9 Å². The van der Waals surface area contributed by atoms with Crippen molar-refractivity contribution in [3.05, 3.63) is 38.9 Å². The van der Waals surface area contributed by atoms with Gasteiger partial charge in [-0.05, 0) is 60.8 Å². The molecule has 19 heavy (non-hydrogen) atoms. The van der Waals surface area contributed by atoms with E-state index in [1.807, 2.05) is 26.0 Å². The lowest BCUT2D eigenvalue weighted by molar-refractivity contribution is -0.133. The second-order valence-electron chi connectivity index (χ2n) is 4.45. The number of nitrogens with one attached hydrogen (secondary N) is 1. The first-order valence-electron chi connectivity index (χ1n) is 5.73. The molecular weight excluding hydrogens is 310 g/mol. The molecule has 0 spiro atoms. The molecular formula is C14H16BrNO3. The molecule has 0 atom stereocenters. The number of amides is 1. The number of aryl methyl sites for hydroxylation is 2. The van der Waals surface area contributed by atoms with Crippen LogP contribution in [0.15, 0.2) is 27.8 Å². The number of aliphatic carboxylic acids is 1. The lowest BCUT2D eigenvalue weighted by Gasteiger charge is -2.12. The summed E-state index contributed by atoms with van der Waals surface area (Å²) in [5.74, 6) is -1.50. The highest BCUT2D eigenvalue weighted by Crippen LogP contribution is 2.28. The number of carbonyl (C=O) groups excluding carboxylic acids is 1. The molecule has 0 aliphatic rings. The van der Waals surface area contributed by atoms with Crippen molar-refractivity contribution in [2.24, 2.45) is 0 Å². The van der Waals surface area contributed by atoms with Crippen LogP contribution in [0.1, 0.15) is 25.0 Å². The van der Waals surface area contributed by atoms with Crippen LogP contribution in [0.5, 0.6) is 0 Å². The average molecular weight is 326 g/mol. The summed E-state index contributed by atoms with van der Waals surface area (Å²) in [5.41, 5.74) is 2.89. The van der Waals surface area contributed by atoms with E-state index in [0.29, 0.717) is 5.69 Å². The molecule has 2 N–H and O–H groups in total. The lowest BCUT2D eigenvalue weighted by atomic mass is 10.1. The summed E-state index contributed by atoms with van der Waals surface area (Å²) in [4.78, 5) is 22.8. The Kier molecular flexibility index (Phi) is 4.89. The number of hydrogen-bond donors (Lipinski definition) is 2. The molecule has 0 fully saturated rings. The van der Waals surface area contributed by atoms with Crippen LogP contribution in [0.3, 0.4) is 0 Å². The van der Waals surface area contributed by atoms with Crippen molar-refractivity contribution < 1.29 is 14.7 Å². The third-order valence-electron chi connectivity index (χ3n) is 2.89. The fraction of sp³-hybridized carbons (Fsp3) is 0.286. The van der Waals surface area contributed by atoms with E-state index in [4.69, 9.17) is 5.11 Å². The number of rotatable bonds is 3. The molecule has 0 radical (unpaired) electrons. The van der Waals surface area contributed by atoms with Crippen molar-refractivity contribution in [2.45, 2.75) is 27.7 Å². The zero-order chi connectivity index (χ0) is 14.7. The van der Waals surface area contributed by atoms with Crippen molar-refractivity contribution in [3.63, 3.8) is 0 Å². The fourth-order valence-electron chi connectivity index (χ4n) is 1.61. The highest BCUT2D eigenvalue weighted by atomic mass is 79.9. The zero-order valence-corrected chi connectivity index (χ0v) is 12.9. The molecule has 1 rings (SSSR count). The zero-order valence-electron chi connectivity index (χ0n) is 11.3. The molecule has 1 aromatic carbocycles. The molecule has 0 unspecified atom stereocenters. The Morgan fingerprint density at radius 1 is 1.16 bits per heavy atom. The number of carbonyl (C=O) groups is 2. The lowest BCUT2D eigenvalue weighted by Crippen LogP contribution is -2.17. The molecule has 5 heteroatoms. The molecule has 0 aromatic heterocycles. The van der Waals surface area contributed by atoms with Gasteiger partial charge in [-0.15, -0.1) is 0 Å². The third kappa shape index (κ3) is 3.67. The summed E-state index contributed by atoms with van der Waals surface area (Å²) in [5, 5.41) is 11.6. The SMILES string of the molecule is CC(C(=O)O)=C(C)C(=O)Nc1c(C)cc(C)cc1Br. The Balaban J connectivity index is 3.08. The van der Waals surface area contributed by atoms with Crippen molar-refractivity contribution in [1.29, 1.82) is 0 Å². The molecule has 0 aliphatic heterocycles. The first-order chi connectivity index (χ1) is 8.73. The molecule has 1 aromatic rings. The quantitative estimate of drug-likeness (QED) is 0.837. The van der Waals surface area contributed by atoms with Crippen molar-refractivity contribution >= 4 is 33.5 Å². The summed E-state index contributed by atoms with van der Waals surface area (Å²) in [6.07, 6.45) is 0. The van der Waals surface area contributed by atoms with Gasteiger partial charge in [0.2, 0.25) is 0 Å². The van der Waals surface area contributed by atoms with E-state index in [1.54, 1.807) is 0 Å². The first kappa shape index (κ1) is 15.4. The van der Waals surface area contributed by atoms with Gasteiger partial charge in [-0.25, -0.2) is 4.79 Å². The summed E-state index contributed by atoms with van der Waals surface area (Å²) < 4.78 is 0.777. The van der Waals surface area contributed by atoms with Crippen LogP contribution in [-0.2, 0) is 9.59 Å². The third-order valence-corrected chi connectivity index (χ3v) is 3.52. The van der Waals surface area contributed by atoms with Gasteiger partial charge in [-0.1, -0.05) is 6.07 Å². The van der Waals surface area contributed by atoms with Gasteiger partial charge in [-0.2, -0.15) is 0 Å². The number of hydrogen-bond acceptors (Lipinski definition) is 2. The van der Waals surface area contributed by atoms with Gasteiger partial charge in [-0.3, -0.25) is 4.79 Å². The minimum Gasteiger partial charge on any atom is -0.478 e. The maximum atomic E-state index is 12.0. The van der Waals surface area contributed by atoms with Crippen LogP contribution in [0.25, 0.3) is 0 Å². The number of benzene rings is 1. The number of carboxylic acid groups (broad SMARTS) is 1. The van der Waals surface area contributed by atoms with Gasteiger partial charge >= 0.3 is 5.97 Å². The molecule has 102 valence electrons. The van der Waals surface area contributed by atoms with Gasteiger partial charge in [0.15, 0.2) is 0 Å². The molecule has 0 heterocycles. The summed E-state index contributed by atoms with van der Waals surface area (Å²) >= 11 is 3.39. The molecule has 0 saturated carbocycles. The van der Waals surface area contributed by atoms with Gasteiger partial charge in [0.1, 0.15) is 0 Å². The van der Waals surface area contributed by atoms with Crippen LogP contribution in [-0.4, -0.2) is 17.0 Å². The maximum Gasteiger partial charge on any atom is 0.331 e. The number of halogens is 1. The van der Waals surface area contributed by atoms with Gasteiger partial charge in [0.25, 0.3) is 5.91 Å². The average Bonchev–Trinajstić information content (AvgIpc) is 2.31. The van der Waals surface area contributed by atoms with Gasteiger partial charge < -0.3 is 10.4 Å². The predicted octanol–water partition coefficient (Wildman–Crippen LogP) is 3.43. The maximum absolute atomic E-state index is 12.0. The predicted molar refractivity (Wildman–Crippen MR) is 78.3 cm³/mol. The standard InChI is InChI=1S/C14H16BrNO3/c1-7-5-8(2)12(11(15)6-7)16-13(17)9(3)10(4)14(18)19/h5-6H,1-4H3,(H,16,17)(H,18,19). The molecule has 1 amide bonds. The normalized spacial score (nSPS) is 11.8. The summed E-state index contributed by atoms with van der Waals surface area (Å²) in [6.45, 7) is 6.75. The number of carboxylic acids is 1. The topological polar surface area (TPSA) is 66.4 Å². The monoisotopic (exact) mass is 325 g/mol.